The molecule has 1 aromatic rings. The van der Waals surface area contributed by atoms with E-state index in [9.17, 15) is 9.59 Å². The molecular formula is C11H18N2O3. The molecule has 5 nitrogen and oxygen atoms in total. The number of rotatable bonds is 3. The first kappa shape index (κ1) is 12.5. The van der Waals surface area contributed by atoms with Gasteiger partial charge in [0.05, 0.1) is 11.3 Å². The molecular weight excluding hydrogens is 208 g/mol. The van der Waals surface area contributed by atoms with Crippen LogP contribution in [-0.2, 0) is 12.8 Å². The number of hydrogen-bond donors (Lipinski definition) is 0. The molecule has 0 unspecified atom stereocenters. The quantitative estimate of drug-likeness (QED) is 0.784. The van der Waals surface area contributed by atoms with Crippen molar-refractivity contribution in [2.45, 2.75) is 33.1 Å². The number of carbonyl (C=O) groups excluding carboxylic acids is 1. The van der Waals surface area contributed by atoms with Gasteiger partial charge < -0.3 is 9.42 Å². The van der Waals surface area contributed by atoms with Gasteiger partial charge in [-0.25, -0.2) is 9.59 Å². The average molecular weight is 226 g/mol. The van der Waals surface area contributed by atoms with Crippen LogP contribution in [0.15, 0.2) is 9.32 Å². The summed E-state index contributed by atoms with van der Waals surface area (Å²) in [7, 11) is 3.26. The first-order valence-electron chi connectivity index (χ1n) is 5.48. The maximum atomic E-state index is 11.8. The van der Waals surface area contributed by atoms with Crippen LogP contribution in [0, 0.1) is 0 Å². The standard InChI is InChI=1S/C11H18N2O3/c1-5-7-9-8(6-2)10(14)16-13(9)11(15)12(3)4/h5-7H2,1-4H3. The molecule has 1 amide bonds. The Hall–Kier alpha value is -1.52. The maximum Gasteiger partial charge on any atom is 0.361 e. The third-order valence-electron chi connectivity index (χ3n) is 2.41. The van der Waals surface area contributed by atoms with E-state index in [0.29, 0.717) is 24.1 Å². The van der Waals surface area contributed by atoms with E-state index < -0.39 is 5.63 Å². The van der Waals surface area contributed by atoms with Crippen molar-refractivity contribution in [2.24, 2.45) is 0 Å². The van der Waals surface area contributed by atoms with Gasteiger partial charge in [-0.3, -0.25) is 0 Å². The normalized spacial score (nSPS) is 10.5. The van der Waals surface area contributed by atoms with E-state index in [1.807, 2.05) is 13.8 Å². The third kappa shape index (κ3) is 2.18. The first-order valence-corrected chi connectivity index (χ1v) is 5.48. The summed E-state index contributed by atoms with van der Waals surface area (Å²) < 4.78 is 6.10. The van der Waals surface area contributed by atoms with E-state index in [2.05, 4.69) is 0 Å². The number of amides is 1. The van der Waals surface area contributed by atoms with E-state index in [0.717, 1.165) is 11.2 Å². The van der Waals surface area contributed by atoms with Crippen molar-refractivity contribution in [1.82, 2.24) is 9.64 Å². The highest BCUT2D eigenvalue weighted by Gasteiger charge is 2.20. The SMILES string of the molecule is CCCc1c(CC)c(=O)on1C(=O)N(C)C. The molecule has 0 spiro atoms. The van der Waals surface area contributed by atoms with Crippen LogP contribution < -0.4 is 5.63 Å². The van der Waals surface area contributed by atoms with Gasteiger partial charge in [0.25, 0.3) is 0 Å². The lowest BCUT2D eigenvalue weighted by atomic mass is 10.1. The molecule has 1 heterocycles. The lowest BCUT2D eigenvalue weighted by Gasteiger charge is -2.11. The molecule has 0 saturated carbocycles. The second-order valence-electron chi connectivity index (χ2n) is 3.88. The summed E-state index contributed by atoms with van der Waals surface area (Å²) in [5, 5.41) is 0. The van der Waals surface area contributed by atoms with Gasteiger partial charge in [-0.15, -0.1) is 4.74 Å². The zero-order valence-corrected chi connectivity index (χ0v) is 10.2. The third-order valence-corrected chi connectivity index (χ3v) is 2.41. The van der Waals surface area contributed by atoms with Crippen LogP contribution in [0.4, 0.5) is 4.79 Å². The molecule has 0 saturated heterocycles. The summed E-state index contributed by atoms with van der Waals surface area (Å²) in [5.41, 5.74) is 0.909. The number of nitrogens with zero attached hydrogens (tertiary/aromatic N) is 2. The van der Waals surface area contributed by atoms with Crippen molar-refractivity contribution in [3.63, 3.8) is 0 Å². The van der Waals surface area contributed by atoms with E-state index in [4.69, 9.17) is 4.52 Å². The van der Waals surface area contributed by atoms with Crippen LogP contribution in [0.1, 0.15) is 31.5 Å². The lowest BCUT2D eigenvalue weighted by Crippen LogP contribution is -2.28. The molecule has 0 bridgehead atoms. The van der Waals surface area contributed by atoms with E-state index >= 15 is 0 Å². The molecule has 0 aliphatic heterocycles. The zero-order chi connectivity index (χ0) is 12.3. The molecule has 0 fully saturated rings. The average Bonchev–Trinajstić information content (AvgIpc) is 2.54. The van der Waals surface area contributed by atoms with Gasteiger partial charge in [-0.1, -0.05) is 20.3 Å². The smallest absolute Gasteiger partial charge is 0.328 e. The molecule has 5 heteroatoms. The Morgan fingerprint density at radius 2 is 2.00 bits per heavy atom. The summed E-state index contributed by atoms with van der Waals surface area (Å²) in [6.07, 6.45) is 2.13. The Morgan fingerprint density at radius 3 is 2.44 bits per heavy atom. The Labute approximate surface area is 94.6 Å². The summed E-state index contributed by atoms with van der Waals surface area (Å²) in [5.74, 6) is 0. The summed E-state index contributed by atoms with van der Waals surface area (Å²) in [6, 6.07) is -0.319. The van der Waals surface area contributed by atoms with Crippen LogP contribution in [0.25, 0.3) is 0 Å². The topological polar surface area (TPSA) is 55.5 Å². The highest BCUT2D eigenvalue weighted by molar-refractivity contribution is 5.75. The summed E-state index contributed by atoms with van der Waals surface area (Å²) in [4.78, 5) is 24.7. The molecule has 0 aromatic carbocycles. The predicted molar refractivity (Wildman–Crippen MR) is 60.8 cm³/mol. The molecule has 0 aliphatic carbocycles. The molecule has 1 rings (SSSR count). The van der Waals surface area contributed by atoms with Gasteiger partial charge >= 0.3 is 11.7 Å². The van der Waals surface area contributed by atoms with Gasteiger partial charge in [-0.05, 0) is 12.8 Å². The highest BCUT2D eigenvalue weighted by Crippen LogP contribution is 2.10. The Kier molecular flexibility index (Phi) is 3.93. The van der Waals surface area contributed by atoms with Gasteiger partial charge in [0.15, 0.2) is 0 Å². The van der Waals surface area contributed by atoms with Crippen molar-refractivity contribution in [3.8, 4) is 0 Å². The fraction of sp³-hybridized carbons (Fsp3) is 0.636. The molecule has 1 aromatic heterocycles. The van der Waals surface area contributed by atoms with Crippen molar-refractivity contribution >= 4 is 6.03 Å². The Balaban J connectivity index is 3.28. The number of carbonyl (C=O) groups is 1. The van der Waals surface area contributed by atoms with Crippen molar-refractivity contribution in [3.05, 3.63) is 21.7 Å². The lowest BCUT2D eigenvalue weighted by molar-refractivity contribution is 0.181. The van der Waals surface area contributed by atoms with Crippen molar-refractivity contribution in [1.29, 1.82) is 0 Å². The molecule has 90 valence electrons. The Morgan fingerprint density at radius 1 is 1.38 bits per heavy atom. The van der Waals surface area contributed by atoms with Crippen LogP contribution in [0.3, 0.4) is 0 Å². The molecule has 0 radical (unpaired) electrons. The molecule has 16 heavy (non-hydrogen) atoms. The fourth-order valence-corrected chi connectivity index (χ4v) is 1.61. The van der Waals surface area contributed by atoms with Crippen molar-refractivity contribution < 1.29 is 9.32 Å². The van der Waals surface area contributed by atoms with Crippen LogP contribution >= 0.6 is 0 Å². The number of aromatic nitrogens is 1. The summed E-state index contributed by atoms with van der Waals surface area (Å²) in [6.45, 7) is 3.89. The summed E-state index contributed by atoms with van der Waals surface area (Å²) >= 11 is 0. The molecule has 0 aliphatic rings. The maximum absolute atomic E-state index is 11.8. The minimum absolute atomic E-state index is 0.319. The monoisotopic (exact) mass is 226 g/mol. The second-order valence-corrected chi connectivity index (χ2v) is 3.88. The fourth-order valence-electron chi connectivity index (χ4n) is 1.61. The predicted octanol–water partition coefficient (Wildman–Crippen LogP) is 1.49. The van der Waals surface area contributed by atoms with E-state index in [-0.39, 0.29) is 6.03 Å². The van der Waals surface area contributed by atoms with E-state index in [1.54, 1.807) is 14.1 Å². The van der Waals surface area contributed by atoms with Gasteiger partial charge in [0.1, 0.15) is 0 Å². The number of hydrogen-bond acceptors (Lipinski definition) is 3. The van der Waals surface area contributed by atoms with Crippen LogP contribution in [0.5, 0.6) is 0 Å². The second kappa shape index (κ2) is 5.01. The minimum atomic E-state index is -0.402. The minimum Gasteiger partial charge on any atom is -0.328 e. The molecule has 0 atom stereocenters. The Bertz CT molecular complexity index is 429. The van der Waals surface area contributed by atoms with Gasteiger partial charge in [0.2, 0.25) is 0 Å². The first-order chi connectivity index (χ1) is 7.52. The van der Waals surface area contributed by atoms with E-state index in [1.165, 1.54) is 4.90 Å². The van der Waals surface area contributed by atoms with Crippen molar-refractivity contribution in [2.75, 3.05) is 14.1 Å². The zero-order valence-electron chi connectivity index (χ0n) is 10.2. The van der Waals surface area contributed by atoms with Crippen LogP contribution in [0.2, 0.25) is 0 Å². The van der Waals surface area contributed by atoms with Gasteiger partial charge in [-0.2, -0.15) is 0 Å². The van der Waals surface area contributed by atoms with Gasteiger partial charge in [0, 0.05) is 14.1 Å². The van der Waals surface area contributed by atoms with Crippen LogP contribution in [-0.4, -0.2) is 29.8 Å². The highest BCUT2D eigenvalue weighted by atomic mass is 16.5. The largest absolute Gasteiger partial charge is 0.361 e. The molecule has 0 N–H and O–H groups in total.